The molecule has 0 aliphatic heterocycles. The van der Waals surface area contributed by atoms with Crippen LogP contribution in [0.2, 0.25) is 10.0 Å². The van der Waals surface area contributed by atoms with Crippen LogP contribution in [0, 0.1) is 0 Å². The first-order chi connectivity index (χ1) is 9.49. The average molecular weight is 354 g/mol. The second kappa shape index (κ2) is 6.13. The van der Waals surface area contributed by atoms with Crippen molar-refractivity contribution in [2.45, 2.75) is 18.5 Å². The SMILES string of the molecule is O=C=Nc1c(Cl)cc(OC(F)(F)C(F)C(F)(F)F)cc1Cl. The first kappa shape index (κ1) is 17.6. The molecule has 0 radical (unpaired) electrons. The van der Waals surface area contributed by atoms with Crippen LogP contribution in [0.15, 0.2) is 17.1 Å². The van der Waals surface area contributed by atoms with Crippen molar-refractivity contribution in [2.75, 3.05) is 0 Å². The van der Waals surface area contributed by atoms with Crippen molar-refractivity contribution in [3.8, 4) is 5.75 Å². The van der Waals surface area contributed by atoms with E-state index in [2.05, 4.69) is 9.73 Å². The zero-order chi connectivity index (χ0) is 16.4. The van der Waals surface area contributed by atoms with Gasteiger partial charge in [-0.1, -0.05) is 23.2 Å². The van der Waals surface area contributed by atoms with E-state index >= 15 is 0 Å². The molecule has 11 heteroatoms. The summed E-state index contributed by atoms with van der Waals surface area (Å²) in [6, 6.07) is 1.20. The summed E-state index contributed by atoms with van der Waals surface area (Å²) in [6.07, 6.45) is -14.5. The maximum absolute atomic E-state index is 13.0. The predicted octanol–water partition coefficient (Wildman–Crippen LogP) is 4.83. The molecule has 21 heavy (non-hydrogen) atoms. The third-order valence-corrected chi connectivity index (χ3v) is 2.56. The predicted molar refractivity (Wildman–Crippen MR) is 60.8 cm³/mol. The number of hydrogen-bond acceptors (Lipinski definition) is 3. The van der Waals surface area contributed by atoms with E-state index in [1.54, 1.807) is 0 Å². The molecule has 116 valence electrons. The van der Waals surface area contributed by atoms with E-state index in [1.165, 1.54) is 0 Å². The molecule has 1 unspecified atom stereocenters. The molecule has 0 saturated carbocycles. The van der Waals surface area contributed by atoms with Gasteiger partial charge in [-0.25, -0.2) is 9.18 Å². The van der Waals surface area contributed by atoms with E-state index in [-0.39, 0.29) is 5.69 Å². The number of nitrogens with zero attached hydrogens (tertiary/aromatic N) is 1. The van der Waals surface area contributed by atoms with Gasteiger partial charge in [-0.3, -0.25) is 0 Å². The van der Waals surface area contributed by atoms with Crippen LogP contribution in [0.1, 0.15) is 0 Å². The lowest BCUT2D eigenvalue weighted by atomic mass is 10.3. The summed E-state index contributed by atoms with van der Waals surface area (Å²) in [5, 5.41) is -0.946. The highest BCUT2D eigenvalue weighted by Crippen LogP contribution is 2.41. The van der Waals surface area contributed by atoms with E-state index in [1.807, 2.05) is 0 Å². The molecule has 0 aliphatic carbocycles. The molecule has 0 spiro atoms. The molecular formula is C10H3Cl2F6NO2. The fourth-order valence-corrected chi connectivity index (χ4v) is 1.70. The molecule has 0 saturated heterocycles. The van der Waals surface area contributed by atoms with Crippen LogP contribution in [0.25, 0.3) is 0 Å². The molecule has 0 aliphatic rings. The molecule has 0 N–H and O–H groups in total. The number of carbonyl (C=O) groups excluding carboxylic acids is 1. The Kier molecular flexibility index (Phi) is 5.14. The molecule has 0 aromatic heterocycles. The van der Waals surface area contributed by atoms with Crippen LogP contribution in [0.3, 0.4) is 0 Å². The van der Waals surface area contributed by atoms with Crippen molar-refractivity contribution in [3.63, 3.8) is 0 Å². The number of aliphatic imine (C=N–C) groups is 1. The van der Waals surface area contributed by atoms with Gasteiger partial charge in [0.2, 0.25) is 6.08 Å². The molecule has 1 atom stereocenters. The van der Waals surface area contributed by atoms with Gasteiger partial charge < -0.3 is 4.74 Å². The zero-order valence-corrected chi connectivity index (χ0v) is 11.0. The monoisotopic (exact) mass is 353 g/mol. The summed E-state index contributed by atoms with van der Waals surface area (Å²) in [5.41, 5.74) is -0.350. The second-order valence-electron chi connectivity index (χ2n) is 3.51. The molecule has 1 aromatic rings. The van der Waals surface area contributed by atoms with Crippen molar-refractivity contribution in [1.82, 2.24) is 0 Å². The third-order valence-electron chi connectivity index (χ3n) is 1.98. The minimum atomic E-state index is -5.82. The Morgan fingerprint density at radius 1 is 1.14 bits per heavy atom. The molecule has 0 heterocycles. The number of hydrogen-bond donors (Lipinski definition) is 0. The van der Waals surface area contributed by atoms with Gasteiger partial charge in [0.25, 0.3) is 6.17 Å². The highest BCUT2D eigenvalue weighted by atomic mass is 35.5. The lowest BCUT2D eigenvalue weighted by Crippen LogP contribution is -2.45. The van der Waals surface area contributed by atoms with Crippen LogP contribution < -0.4 is 4.74 Å². The Bertz CT molecular complexity index is 562. The van der Waals surface area contributed by atoms with Crippen LogP contribution in [-0.4, -0.2) is 24.5 Å². The lowest BCUT2D eigenvalue weighted by Gasteiger charge is -2.23. The van der Waals surface area contributed by atoms with E-state index in [9.17, 15) is 31.1 Å². The summed E-state index contributed by atoms with van der Waals surface area (Å²) >= 11 is 11.0. The third kappa shape index (κ3) is 4.26. The first-order valence-corrected chi connectivity index (χ1v) is 5.59. The fraction of sp³-hybridized carbons (Fsp3) is 0.300. The number of isocyanates is 1. The van der Waals surface area contributed by atoms with Crippen molar-refractivity contribution < 1.29 is 35.9 Å². The van der Waals surface area contributed by atoms with Gasteiger partial charge in [-0.15, -0.1) is 0 Å². The van der Waals surface area contributed by atoms with E-state index < -0.39 is 34.3 Å². The first-order valence-electron chi connectivity index (χ1n) is 4.83. The van der Waals surface area contributed by atoms with Crippen LogP contribution in [-0.2, 0) is 4.79 Å². The van der Waals surface area contributed by atoms with Gasteiger partial charge in [0.15, 0.2) is 0 Å². The zero-order valence-electron chi connectivity index (χ0n) is 9.52. The van der Waals surface area contributed by atoms with Gasteiger partial charge in [-0.2, -0.15) is 26.9 Å². The summed E-state index contributed by atoms with van der Waals surface area (Å²) in [7, 11) is 0. The molecule has 0 fully saturated rings. The summed E-state index contributed by atoms with van der Waals surface area (Å²) in [5.74, 6) is -0.938. The van der Waals surface area contributed by atoms with Crippen LogP contribution >= 0.6 is 23.2 Å². The maximum atomic E-state index is 13.0. The van der Waals surface area contributed by atoms with Gasteiger partial charge in [-0.05, 0) is 0 Å². The Balaban J connectivity index is 3.12. The highest BCUT2D eigenvalue weighted by Gasteiger charge is 2.59. The molecule has 3 nitrogen and oxygen atoms in total. The number of ether oxygens (including phenoxy) is 1. The van der Waals surface area contributed by atoms with Gasteiger partial charge in [0.1, 0.15) is 11.4 Å². The summed E-state index contributed by atoms with van der Waals surface area (Å²) < 4.78 is 78.1. The normalized spacial score (nSPS) is 13.5. The van der Waals surface area contributed by atoms with Crippen LogP contribution in [0.5, 0.6) is 5.75 Å². The van der Waals surface area contributed by atoms with E-state index in [0.717, 1.165) is 6.08 Å². The largest absolute Gasteiger partial charge is 0.439 e. The molecular weight excluding hydrogens is 351 g/mol. The lowest BCUT2D eigenvalue weighted by molar-refractivity contribution is -0.304. The second-order valence-corrected chi connectivity index (χ2v) is 4.32. The average Bonchev–Trinajstić information content (AvgIpc) is 2.31. The maximum Gasteiger partial charge on any atom is 0.439 e. The van der Waals surface area contributed by atoms with Gasteiger partial charge in [0, 0.05) is 12.1 Å². The molecule has 0 amide bonds. The topological polar surface area (TPSA) is 38.7 Å². The Hall–Kier alpha value is -1.44. The standard InChI is InChI=1S/C10H3Cl2F6NO2/c11-5-1-4(2-6(12)7(5)19-3-20)21-10(17,18)8(13)9(14,15)16/h1-2,8H. The Labute approximate surface area is 123 Å². The summed E-state index contributed by atoms with van der Waals surface area (Å²) in [4.78, 5) is 13.1. The smallest absolute Gasteiger partial charge is 0.430 e. The number of benzene rings is 1. The van der Waals surface area contributed by atoms with Crippen molar-refractivity contribution >= 4 is 35.0 Å². The van der Waals surface area contributed by atoms with Crippen LogP contribution in [0.4, 0.5) is 32.0 Å². The van der Waals surface area contributed by atoms with Gasteiger partial charge in [0.05, 0.1) is 10.0 Å². The molecule has 0 bridgehead atoms. The van der Waals surface area contributed by atoms with E-state index in [0.29, 0.717) is 12.1 Å². The van der Waals surface area contributed by atoms with Crippen molar-refractivity contribution in [1.29, 1.82) is 0 Å². The summed E-state index contributed by atoms with van der Waals surface area (Å²) in [6.45, 7) is 0. The Morgan fingerprint density at radius 3 is 2.00 bits per heavy atom. The molecule has 1 aromatic carbocycles. The van der Waals surface area contributed by atoms with Crippen molar-refractivity contribution in [3.05, 3.63) is 22.2 Å². The number of rotatable bonds is 4. The quantitative estimate of drug-likeness (QED) is 0.441. The Morgan fingerprint density at radius 2 is 1.62 bits per heavy atom. The highest BCUT2D eigenvalue weighted by molar-refractivity contribution is 6.39. The van der Waals surface area contributed by atoms with Crippen molar-refractivity contribution in [2.24, 2.45) is 4.99 Å². The minimum absolute atomic E-state index is 0.350. The number of halogens is 8. The fourth-order valence-electron chi connectivity index (χ4n) is 1.15. The van der Waals surface area contributed by atoms with E-state index in [4.69, 9.17) is 23.2 Å². The minimum Gasteiger partial charge on any atom is -0.430 e. The molecule has 1 rings (SSSR count). The van der Waals surface area contributed by atoms with Gasteiger partial charge >= 0.3 is 12.3 Å². The number of alkyl halides is 6.